The second-order valence-electron chi connectivity index (χ2n) is 3.40. The van der Waals surface area contributed by atoms with Crippen molar-refractivity contribution in [2.75, 3.05) is 0 Å². The average molecular weight is 241 g/mol. The standard InChI is InChI=1S/C12H13ClO3/c1-2-3-11(14)16-12(15)8-9-4-6-10(13)7-5-9/h4-7H,2-3,8H2,1H3. The summed E-state index contributed by atoms with van der Waals surface area (Å²) >= 11 is 5.70. The molecule has 3 nitrogen and oxygen atoms in total. The van der Waals surface area contributed by atoms with E-state index in [-0.39, 0.29) is 12.8 Å². The first-order valence-electron chi connectivity index (χ1n) is 5.09. The molecular formula is C12H13ClO3. The maximum absolute atomic E-state index is 11.3. The van der Waals surface area contributed by atoms with Crippen molar-refractivity contribution >= 4 is 23.5 Å². The Hall–Kier alpha value is -1.35. The van der Waals surface area contributed by atoms with Gasteiger partial charge in [-0.2, -0.15) is 0 Å². The van der Waals surface area contributed by atoms with E-state index in [2.05, 4.69) is 4.74 Å². The maximum atomic E-state index is 11.3. The first-order chi connectivity index (χ1) is 7.61. The van der Waals surface area contributed by atoms with Crippen molar-refractivity contribution in [1.29, 1.82) is 0 Å². The van der Waals surface area contributed by atoms with Gasteiger partial charge in [0, 0.05) is 11.4 Å². The van der Waals surface area contributed by atoms with E-state index in [1.54, 1.807) is 24.3 Å². The van der Waals surface area contributed by atoms with E-state index < -0.39 is 11.9 Å². The largest absolute Gasteiger partial charge is 0.393 e. The SMILES string of the molecule is CCCC(=O)OC(=O)Cc1ccc(Cl)cc1. The molecule has 0 aliphatic carbocycles. The average Bonchev–Trinajstić information content (AvgIpc) is 2.21. The molecule has 0 aliphatic heterocycles. The number of ether oxygens (including phenoxy) is 1. The molecule has 0 aliphatic rings. The Morgan fingerprint density at radius 3 is 2.38 bits per heavy atom. The van der Waals surface area contributed by atoms with Crippen LogP contribution >= 0.6 is 11.6 Å². The third kappa shape index (κ3) is 4.45. The summed E-state index contributed by atoms with van der Waals surface area (Å²) in [5, 5.41) is 0.610. The van der Waals surface area contributed by atoms with Crippen LogP contribution in [0.25, 0.3) is 0 Å². The van der Waals surface area contributed by atoms with Crippen molar-refractivity contribution in [2.45, 2.75) is 26.2 Å². The molecule has 0 heterocycles. The van der Waals surface area contributed by atoms with Gasteiger partial charge in [-0.05, 0) is 24.1 Å². The second-order valence-corrected chi connectivity index (χ2v) is 3.84. The Labute approximate surface area is 99.4 Å². The van der Waals surface area contributed by atoms with Gasteiger partial charge in [-0.3, -0.25) is 9.59 Å². The van der Waals surface area contributed by atoms with Gasteiger partial charge in [0.05, 0.1) is 6.42 Å². The van der Waals surface area contributed by atoms with Gasteiger partial charge in [0.1, 0.15) is 0 Å². The van der Waals surface area contributed by atoms with Crippen molar-refractivity contribution in [3.8, 4) is 0 Å². The van der Waals surface area contributed by atoms with E-state index in [0.29, 0.717) is 11.4 Å². The zero-order valence-electron chi connectivity index (χ0n) is 9.03. The van der Waals surface area contributed by atoms with Crippen molar-refractivity contribution in [3.05, 3.63) is 34.9 Å². The Kier molecular flexibility index (Phi) is 4.99. The van der Waals surface area contributed by atoms with Gasteiger partial charge >= 0.3 is 11.9 Å². The molecule has 0 atom stereocenters. The highest BCUT2D eigenvalue weighted by atomic mass is 35.5. The molecule has 0 saturated carbocycles. The maximum Gasteiger partial charge on any atom is 0.317 e. The second kappa shape index (κ2) is 6.28. The van der Waals surface area contributed by atoms with Crippen LogP contribution in [0.5, 0.6) is 0 Å². The predicted octanol–water partition coefficient (Wildman–Crippen LogP) is 2.75. The summed E-state index contributed by atoms with van der Waals surface area (Å²) in [7, 11) is 0. The third-order valence-electron chi connectivity index (χ3n) is 1.94. The first kappa shape index (κ1) is 12.7. The summed E-state index contributed by atoms with van der Waals surface area (Å²) in [6, 6.07) is 6.85. The molecule has 0 aromatic heterocycles. The van der Waals surface area contributed by atoms with Gasteiger partial charge in [0.2, 0.25) is 0 Å². The van der Waals surface area contributed by atoms with E-state index in [9.17, 15) is 9.59 Å². The molecule has 0 unspecified atom stereocenters. The number of hydrogen-bond donors (Lipinski definition) is 0. The predicted molar refractivity (Wildman–Crippen MR) is 61.2 cm³/mol. The minimum absolute atomic E-state index is 0.0899. The van der Waals surface area contributed by atoms with Crippen molar-refractivity contribution in [1.82, 2.24) is 0 Å². The molecule has 86 valence electrons. The molecule has 0 fully saturated rings. The van der Waals surface area contributed by atoms with Gasteiger partial charge < -0.3 is 4.74 Å². The highest BCUT2D eigenvalue weighted by Gasteiger charge is 2.10. The van der Waals surface area contributed by atoms with Crippen LogP contribution in [0.15, 0.2) is 24.3 Å². The molecular weight excluding hydrogens is 228 g/mol. The molecule has 1 aromatic carbocycles. The zero-order chi connectivity index (χ0) is 12.0. The van der Waals surface area contributed by atoms with E-state index in [1.807, 2.05) is 6.92 Å². The highest BCUT2D eigenvalue weighted by molar-refractivity contribution is 6.30. The summed E-state index contributed by atoms with van der Waals surface area (Å²) in [6.45, 7) is 1.85. The van der Waals surface area contributed by atoms with Crippen LogP contribution < -0.4 is 0 Å². The van der Waals surface area contributed by atoms with E-state index in [0.717, 1.165) is 5.56 Å². The fourth-order valence-corrected chi connectivity index (χ4v) is 1.31. The normalized spacial score (nSPS) is 9.88. The number of carbonyl (C=O) groups is 2. The van der Waals surface area contributed by atoms with Gasteiger partial charge in [-0.25, -0.2) is 0 Å². The van der Waals surface area contributed by atoms with E-state index in [1.165, 1.54) is 0 Å². The molecule has 0 amide bonds. The lowest BCUT2D eigenvalue weighted by atomic mass is 10.1. The van der Waals surface area contributed by atoms with Gasteiger partial charge in [-0.1, -0.05) is 30.7 Å². The Morgan fingerprint density at radius 1 is 1.19 bits per heavy atom. The number of benzene rings is 1. The number of rotatable bonds is 4. The molecule has 0 spiro atoms. The Balaban J connectivity index is 2.45. The van der Waals surface area contributed by atoms with Crippen LogP contribution in [0.4, 0.5) is 0 Å². The van der Waals surface area contributed by atoms with Crippen LogP contribution in [0, 0.1) is 0 Å². The molecule has 1 aromatic rings. The number of esters is 2. The van der Waals surface area contributed by atoms with Gasteiger partial charge in [0.25, 0.3) is 0 Å². The molecule has 0 N–H and O–H groups in total. The van der Waals surface area contributed by atoms with Crippen molar-refractivity contribution in [2.24, 2.45) is 0 Å². The topological polar surface area (TPSA) is 43.4 Å². The lowest BCUT2D eigenvalue weighted by Crippen LogP contribution is -2.13. The van der Waals surface area contributed by atoms with Crippen molar-refractivity contribution in [3.63, 3.8) is 0 Å². The van der Waals surface area contributed by atoms with E-state index in [4.69, 9.17) is 11.6 Å². The fraction of sp³-hybridized carbons (Fsp3) is 0.333. The monoisotopic (exact) mass is 240 g/mol. The lowest BCUT2D eigenvalue weighted by Gasteiger charge is -2.02. The van der Waals surface area contributed by atoms with Crippen LogP contribution in [0.2, 0.25) is 5.02 Å². The Morgan fingerprint density at radius 2 is 1.81 bits per heavy atom. The summed E-state index contributed by atoms with van der Waals surface area (Å²) < 4.78 is 4.61. The minimum Gasteiger partial charge on any atom is -0.393 e. The van der Waals surface area contributed by atoms with Crippen LogP contribution in [-0.4, -0.2) is 11.9 Å². The summed E-state index contributed by atoms with van der Waals surface area (Å²) in [5.41, 5.74) is 0.777. The number of halogens is 1. The number of carbonyl (C=O) groups excluding carboxylic acids is 2. The minimum atomic E-state index is -0.527. The van der Waals surface area contributed by atoms with Crippen molar-refractivity contribution < 1.29 is 14.3 Å². The van der Waals surface area contributed by atoms with Gasteiger partial charge in [-0.15, -0.1) is 0 Å². The lowest BCUT2D eigenvalue weighted by molar-refractivity contribution is -0.159. The summed E-state index contributed by atoms with van der Waals surface area (Å²) in [6.07, 6.45) is 1.03. The number of hydrogen-bond acceptors (Lipinski definition) is 3. The van der Waals surface area contributed by atoms with Crippen LogP contribution in [0.3, 0.4) is 0 Å². The van der Waals surface area contributed by atoms with E-state index >= 15 is 0 Å². The summed E-state index contributed by atoms with van der Waals surface area (Å²) in [4.78, 5) is 22.3. The molecule has 0 saturated heterocycles. The first-order valence-corrected chi connectivity index (χ1v) is 5.47. The van der Waals surface area contributed by atoms with Gasteiger partial charge in [0.15, 0.2) is 0 Å². The Bertz CT molecular complexity index is 370. The quantitative estimate of drug-likeness (QED) is 0.600. The van der Waals surface area contributed by atoms with Crippen LogP contribution in [0.1, 0.15) is 25.3 Å². The smallest absolute Gasteiger partial charge is 0.317 e. The fourth-order valence-electron chi connectivity index (χ4n) is 1.19. The molecule has 16 heavy (non-hydrogen) atoms. The summed E-state index contributed by atoms with van der Waals surface area (Å²) in [5.74, 6) is -0.998. The molecule has 0 bridgehead atoms. The third-order valence-corrected chi connectivity index (χ3v) is 2.20. The highest BCUT2D eigenvalue weighted by Crippen LogP contribution is 2.10. The molecule has 4 heteroatoms. The zero-order valence-corrected chi connectivity index (χ0v) is 9.79. The molecule has 1 rings (SSSR count). The molecule has 0 radical (unpaired) electrons. The van der Waals surface area contributed by atoms with Crippen LogP contribution in [-0.2, 0) is 20.7 Å².